The predicted octanol–water partition coefficient (Wildman–Crippen LogP) is 2.53. The lowest BCUT2D eigenvalue weighted by molar-refractivity contribution is -0.146. The van der Waals surface area contributed by atoms with E-state index in [1.165, 1.54) is 0 Å². The van der Waals surface area contributed by atoms with Crippen molar-refractivity contribution in [3.8, 4) is 0 Å². The number of halogens is 1. The second-order valence-electron chi connectivity index (χ2n) is 5.10. The van der Waals surface area contributed by atoms with Crippen molar-refractivity contribution >= 4 is 23.2 Å². The number of aliphatic hydroxyl groups is 1. The van der Waals surface area contributed by atoms with Gasteiger partial charge in [0.1, 0.15) is 0 Å². The fourth-order valence-electron chi connectivity index (χ4n) is 2.00. The average molecular weight is 240 g/mol. The summed E-state index contributed by atoms with van der Waals surface area (Å²) in [6, 6.07) is 5.04. The van der Waals surface area contributed by atoms with Gasteiger partial charge in [-0.1, -0.05) is 32.4 Å². The van der Waals surface area contributed by atoms with Crippen LogP contribution in [0.25, 0.3) is 0 Å². The maximum atomic E-state index is 11.9. The lowest BCUT2D eigenvalue weighted by Gasteiger charge is -2.34. The van der Waals surface area contributed by atoms with Crippen LogP contribution in [0, 0.1) is 5.41 Å². The molecule has 1 aromatic carbocycles. The summed E-state index contributed by atoms with van der Waals surface area (Å²) in [6.45, 7) is 5.47. The first-order chi connectivity index (χ1) is 7.26. The number of carbonyl (C=O) groups excluding carboxylic acids is 1. The Morgan fingerprint density at radius 2 is 2.00 bits per heavy atom. The van der Waals surface area contributed by atoms with E-state index in [1.807, 2.05) is 20.8 Å². The van der Waals surface area contributed by atoms with E-state index in [1.54, 1.807) is 18.2 Å². The van der Waals surface area contributed by atoms with E-state index in [9.17, 15) is 9.90 Å². The SMILES string of the molecule is CC(C)(C)C1(O)C(=O)Nc2ccc(Cl)cc21. The van der Waals surface area contributed by atoms with Gasteiger partial charge < -0.3 is 10.4 Å². The first-order valence-electron chi connectivity index (χ1n) is 5.10. The van der Waals surface area contributed by atoms with Crippen LogP contribution >= 0.6 is 11.6 Å². The van der Waals surface area contributed by atoms with Crippen LogP contribution < -0.4 is 5.32 Å². The number of hydrogen-bond acceptors (Lipinski definition) is 2. The molecule has 0 saturated carbocycles. The van der Waals surface area contributed by atoms with Gasteiger partial charge in [0.2, 0.25) is 0 Å². The zero-order valence-corrected chi connectivity index (χ0v) is 10.2. The van der Waals surface area contributed by atoms with Gasteiger partial charge in [0.05, 0.1) is 0 Å². The van der Waals surface area contributed by atoms with Crippen LogP contribution in [-0.2, 0) is 10.4 Å². The highest BCUT2D eigenvalue weighted by molar-refractivity contribution is 6.31. The van der Waals surface area contributed by atoms with Gasteiger partial charge in [-0.3, -0.25) is 4.79 Å². The molecule has 3 nitrogen and oxygen atoms in total. The van der Waals surface area contributed by atoms with Gasteiger partial charge in [0, 0.05) is 21.7 Å². The summed E-state index contributed by atoms with van der Waals surface area (Å²) in [5.74, 6) is -0.391. The Morgan fingerprint density at radius 1 is 1.38 bits per heavy atom. The molecule has 0 aliphatic carbocycles. The molecule has 86 valence electrons. The van der Waals surface area contributed by atoms with Gasteiger partial charge in [-0.15, -0.1) is 0 Å². The second kappa shape index (κ2) is 3.22. The molecular formula is C12H14ClNO2. The van der Waals surface area contributed by atoms with Crippen LogP contribution in [-0.4, -0.2) is 11.0 Å². The Hall–Kier alpha value is -1.06. The number of rotatable bonds is 0. The maximum Gasteiger partial charge on any atom is 0.261 e. The first kappa shape index (κ1) is 11.4. The molecular weight excluding hydrogens is 226 g/mol. The van der Waals surface area contributed by atoms with Crippen molar-refractivity contribution < 1.29 is 9.90 Å². The standard InChI is InChI=1S/C12H14ClNO2/c1-11(2,3)12(16)8-6-7(13)4-5-9(8)14-10(12)15/h4-6,16H,1-3H3,(H,14,15). The molecule has 0 bridgehead atoms. The minimum atomic E-state index is -1.52. The summed E-state index contributed by atoms with van der Waals surface area (Å²) >= 11 is 5.90. The molecule has 0 aromatic heterocycles. The Balaban J connectivity index is 2.67. The van der Waals surface area contributed by atoms with E-state index >= 15 is 0 Å². The molecule has 1 amide bonds. The molecule has 0 radical (unpaired) electrons. The van der Waals surface area contributed by atoms with E-state index in [-0.39, 0.29) is 0 Å². The molecule has 1 unspecified atom stereocenters. The van der Waals surface area contributed by atoms with Crippen LogP contribution in [0.5, 0.6) is 0 Å². The number of nitrogens with one attached hydrogen (secondary N) is 1. The molecule has 2 N–H and O–H groups in total. The number of amides is 1. The molecule has 1 aliphatic heterocycles. The highest BCUT2D eigenvalue weighted by Crippen LogP contribution is 2.47. The van der Waals surface area contributed by atoms with E-state index in [4.69, 9.17) is 11.6 Å². The largest absolute Gasteiger partial charge is 0.375 e. The Labute approximate surface area is 99.4 Å². The normalized spacial score (nSPS) is 24.2. The number of carbonyl (C=O) groups is 1. The average Bonchev–Trinajstić information content (AvgIpc) is 2.41. The monoisotopic (exact) mass is 239 g/mol. The fraction of sp³-hybridized carbons (Fsp3) is 0.417. The van der Waals surface area contributed by atoms with Crippen LogP contribution in [0.4, 0.5) is 5.69 Å². The summed E-state index contributed by atoms with van der Waals surface area (Å²) < 4.78 is 0. The van der Waals surface area contributed by atoms with Gasteiger partial charge in [-0.05, 0) is 18.2 Å². The van der Waals surface area contributed by atoms with Crippen molar-refractivity contribution in [3.05, 3.63) is 28.8 Å². The van der Waals surface area contributed by atoms with Crippen molar-refractivity contribution in [2.75, 3.05) is 5.32 Å². The number of anilines is 1. The molecule has 4 heteroatoms. The van der Waals surface area contributed by atoms with Gasteiger partial charge in [0.15, 0.2) is 5.60 Å². The van der Waals surface area contributed by atoms with Gasteiger partial charge >= 0.3 is 0 Å². The molecule has 0 saturated heterocycles. The summed E-state index contributed by atoms with van der Waals surface area (Å²) in [5, 5.41) is 13.8. The van der Waals surface area contributed by atoms with Crippen molar-refractivity contribution in [1.29, 1.82) is 0 Å². The van der Waals surface area contributed by atoms with Gasteiger partial charge in [-0.2, -0.15) is 0 Å². The summed E-state index contributed by atoms with van der Waals surface area (Å²) in [6.07, 6.45) is 0. The van der Waals surface area contributed by atoms with Crippen LogP contribution in [0.2, 0.25) is 5.02 Å². The summed E-state index contributed by atoms with van der Waals surface area (Å²) in [7, 11) is 0. The fourth-order valence-corrected chi connectivity index (χ4v) is 2.18. The van der Waals surface area contributed by atoms with Crippen molar-refractivity contribution in [1.82, 2.24) is 0 Å². The minimum absolute atomic E-state index is 0.391. The maximum absolute atomic E-state index is 11.9. The highest BCUT2D eigenvalue weighted by Gasteiger charge is 2.53. The molecule has 2 rings (SSSR count). The second-order valence-corrected chi connectivity index (χ2v) is 5.54. The third-order valence-electron chi connectivity index (χ3n) is 3.03. The molecule has 16 heavy (non-hydrogen) atoms. The number of fused-ring (bicyclic) bond motifs is 1. The van der Waals surface area contributed by atoms with Gasteiger partial charge in [0.25, 0.3) is 5.91 Å². The van der Waals surface area contributed by atoms with E-state index < -0.39 is 16.9 Å². The topological polar surface area (TPSA) is 49.3 Å². The van der Waals surface area contributed by atoms with Crippen LogP contribution in [0.1, 0.15) is 26.3 Å². The number of benzene rings is 1. The van der Waals surface area contributed by atoms with E-state index in [2.05, 4.69) is 5.32 Å². The van der Waals surface area contributed by atoms with Crippen molar-refractivity contribution in [2.45, 2.75) is 26.4 Å². The third-order valence-corrected chi connectivity index (χ3v) is 3.27. The zero-order chi connectivity index (χ0) is 12.1. The molecule has 0 spiro atoms. The molecule has 0 fully saturated rings. The Kier molecular flexibility index (Phi) is 2.30. The molecule has 1 aromatic rings. The smallest absolute Gasteiger partial charge is 0.261 e. The summed E-state index contributed by atoms with van der Waals surface area (Å²) in [5.41, 5.74) is -0.926. The lowest BCUT2D eigenvalue weighted by atomic mass is 9.73. The quantitative estimate of drug-likeness (QED) is 0.731. The van der Waals surface area contributed by atoms with Crippen LogP contribution in [0.15, 0.2) is 18.2 Å². The predicted molar refractivity (Wildman–Crippen MR) is 63.4 cm³/mol. The highest BCUT2D eigenvalue weighted by atomic mass is 35.5. The van der Waals surface area contributed by atoms with Crippen molar-refractivity contribution in [3.63, 3.8) is 0 Å². The summed E-state index contributed by atoms with van der Waals surface area (Å²) in [4.78, 5) is 11.9. The van der Waals surface area contributed by atoms with E-state index in [0.717, 1.165) is 0 Å². The zero-order valence-electron chi connectivity index (χ0n) is 9.47. The molecule has 1 heterocycles. The molecule has 1 aliphatic rings. The Bertz CT molecular complexity index is 465. The third kappa shape index (κ3) is 1.35. The number of hydrogen-bond donors (Lipinski definition) is 2. The molecule has 1 atom stereocenters. The first-order valence-corrected chi connectivity index (χ1v) is 5.48. The lowest BCUT2D eigenvalue weighted by Crippen LogP contribution is -2.45. The van der Waals surface area contributed by atoms with E-state index in [0.29, 0.717) is 16.3 Å². The van der Waals surface area contributed by atoms with Gasteiger partial charge in [-0.25, -0.2) is 0 Å². The Morgan fingerprint density at radius 3 is 2.56 bits per heavy atom. The van der Waals surface area contributed by atoms with Crippen molar-refractivity contribution in [2.24, 2.45) is 5.41 Å². The van der Waals surface area contributed by atoms with Crippen LogP contribution in [0.3, 0.4) is 0 Å². The minimum Gasteiger partial charge on any atom is -0.375 e.